The summed E-state index contributed by atoms with van der Waals surface area (Å²) in [5.41, 5.74) is 9.68. The van der Waals surface area contributed by atoms with Crippen LogP contribution in [0.5, 0.6) is 0 Å². The number of halogens is 3. The first-order chi connectivity index (χ1) is 13.0. The van der Waals surface area contributed by atoms with Gasteiger partial charge < -0.3 is 10.5 Å². The lowest BCUT2D eigenvalue weighted by Gasteiger charge is -2.12. The molecule has 3 aromatic rings. The molecule has 0 spiro atoms. The van der Waals surface area contributed by atoms with E-state index in [-0.39, 0.29) is 19.0 Å². The maximum atomic E-state index is 12.1. The molecule has 3 rings (SSSR count). The van der Waals surface area contributed by atoms with Gasteiger partial charge in [0.2, 0.25) is 0 Å². The van der Waals surface area contributed by atoms with E-state index in [1.54, 1.807) is 12.1 Å². The van der Waals surface area contributed by atoms with Crippen LogP contribution in [0.1, 0.15) is 11.1 Å². The lowest BCUT2D eigenvalue weighted by Crippen LogP contribution is -2.34. The molecule has 0 saturated heterocycles. The van der Waals surface area contributed by atoms with Crippen molar-refractivity contribution in [2.75, 3.05) is 0 Å². The highest BCUT2D eigenvalue weighted by Gasteiger charge is 2.16. The summed E-state index contributed by atoms with van der Waals surface area (Å²) in [6, 6.07) is 21.9. The summed E-state index contributed by atoms with van der Waals surface area (Å²) in [6.45, 7) is 0.222. The average Bonchev–Trinajstić information content (AvgIpc) is 2.69. The second-order valence-electron chi connectivity index (χ2n) is 6.23. The number of carbonyl (C=O) groups is 1. The van der Waals surface area contributed by atoms with Crippen LogP contribution in [0.2, 0.25) is 10.0 Å². The molecule has 0 saturated carbocycles. The zero-order valence-electron chi connectivity index (χ0n) is 15.0. The molecule has 0 aliphatic heterocycles. The Morgan fingerprint density at radius 3 is 2.29 bits per heavy atom. The van der Waals surface area contributed by atoms with E-state index in [9.17, 15) is 4.79 Å². The SMILES string of the molecule is Cl.N[C@@H](Cc1ccc(-c2cc(Cl)ccc2Cl)cc1)C(=O)OCc1ccccc1. The molecule has 0 fully saturated rings. The third-order valence-electron chi connectivity index (χ3n) is 4.18. The highest BCUT2D eigenvalue weighted by molar-refractivity contribution is 6.35. The molecule has 1 atom stereocenters. The highest BCUT2D eigenvalue weighted by Crippen LogP contribution is 2.30. The van der Waals surface area contributed by atoms with Gasteiger partial charge in [0.1, 0.15) is 12.6 Å². The van der Waals surface area contributed by atoms with Crippen LogP contribution >= 0.6 is 35.6 Å². The molecule has 3 aromatic carbocycles. The van der Waals surface area contributed by atoms with Gasteiger partial charge in [-0.2, -0.15) is 0 Å². The van der Waals surface area contributed by atoms with Crippen LogP contribution in [0.25, 0.3) is 11.1 Å². The Hall–Kier alpha value is -2.04. The van der Waals surface area contributed by atoms with Gasteiger partial charge in [0.15, 0.2) is 0 Å². The summed E-state index contributed by atoms with van der Waals surface area (Å²) < 4.78 is 5.29. The maximum Gasteiger partial charge on any atom is 0.323 e. The van der Waals surface area contributed by atoms with Crippen molar-refractivity contribution >= 4 is 41.6 Å². The van der Waals surface area contributed by atoms with E-state index in [0.717, 1.165) is 22.3 Å². The zero-order chi connectivity index (χ0) is 19.2. The predicted octanol–water partition coefficient (Wildman–Crippen LogP) is 5.70. The minimum Gasteiger partial charge on any atom is -0.460 e. The van der Waals surface area contributed by atoms with Crippen molar-refractivity contribution < 1.29 is 9.53 Å². The maximum absolute atomic E-state index is 12.1. The summed E-state index contributed by atoms with van der Waals surface area (Å²) in [5.74, 6) is -0.416. The molecule has 28 heavy (non-hydrogen) atoms. The fourth-order valence-electron chi connectivity index (χ4n) is 2.71. The Bertz CT molecular complexity index is 915. The summed E-state index contributed by atoms with van der Waals surface area (Å²) in [5, 5.41) is 1.26. The topological polar surface area (TPSA) is 52.3 Å². The second kappa shape index (κ2) is 10.5. The van der Waals surface area contributed by atoms with E-state index in [2.05, 4.69) is 0 Å². The van der Waals surface area contributed by atoms with Crippen molar-refractivity contribution in [1.29, 1.82) is 0 Å². The van der Waals surface area contributed by atoms with Gasteiger partial charge in [-0.3, -0.25) is 4.79 Å². The molecule has 0 bridgehead atoms. The van der Waals surface area contributed by atoms with Crippen molar-refractivity contribution in [3.8, 4) is 11.1 Å². The van der Waals surface area contributed by atoms with Crippen LogP contribution in [0.4, 0.5) is 0 Å². The van der Waals surface area contributed by atoms with Gasteiger partial charge in [0, 0.05) is 15.6 Å². The summed E-state index contributed by atoms with van der Waals surface area (Å²) in [4.78, 5) is 12.1. The van der Waals surface area contributed by atoms with Crippen molar-refractivity contribution in [1.82, 2.24) is 0 Å². The molecule has 0 radical (unpaired) electrons. The van der Waals surface area contributed by atoms with Crippen LogP contribution in [-0.4, -0.2) is 12.0 Å². The normalized spacial score (nSPS) is 11.4. The summed E-state index contributed by atoms with van der Waals surface area (Å²) in [6.07, 6.45) is 0.400. The Balaban J connectivity index is 0.00000280. The van der Waals surface area contributed by atoms with Crippen LogP contribution in [-0.2, 0) is 22.6 Å². The van der Waals surface area contributed by atoms with E-state index in [0.29, 0.717) is 16.5 Å². The number of esters is 1. The number of nitrogens with two attached hydrogens (primary N) is 1. The van der Waals surface area contributed by atoms with Crippen LogP contribution in [0, 0.1) is 0 Å². The van der Waals surface area contributed by atoms with Gasteiger partial charge in [0.05, 0.1) is 0 Å². The number of benzene rings is 3. The first kappa shape index (κ1) is 22.3. The largest absolute Gasteiger partial charge is 0.460 e. The van der Waals surface area contributed by atoms with E-state index < -0.39 is 12.0 Å². The second-order valence-corrected chi connectivity index (χ2v) is 7.07. The zero-order valence-corrected chi connectivity index (χ0v) is 17.3. The smallest absolute Gasteiger partial charge is 0.323 e. The molecule has 6 heteroatoms. The van der Waals surface area contributed by atoms with Crippen molar-refractivity contribution in [2.45, 2.75) is 19.1 Å². The number of hydrogen-bond donors (Lipinski definition) is 1. The molecule has 0 heterocycles. The molecule has 0 aromatic heterocycles. The first-order valence-electron chi connectivity index (χ1n) is 8.53. The molecule has 0 amide bonds. The molecule has 0 aliphatic carbocycles. The Morgan fingerprint density at radius 2 is 1.61 bits per heavy atom. The minimum atomic E-state index is -0.714. The van der Waals surface area contributed by atoms with Gasteiger partial charge in [-0.1, -0.05) is 77.8 Å². The van der Waals surface area contributed by atoms with Gasteiger partial charge in [-0.25, -0.2) is 0 Å². The third-order valence-corrected chi connectivity index (χ3v) is 4.74. The molecular weight excluding hydrogens is 417 g/mol. The van der Waals surface area contributed by atoms with Crippen molar-refractivity contribution in [3.05, 3.63) is 94.0 Å². The van der Waals surface area contributed by atoms with E-state index in [1.165, 1.54) is 0 Å². The summed E-state index contributed by atoms with van der Waals surface area (Å²) >= 11 is 12.3. The van der Waals surface area contributed by atoms with Gasteiger partial charge in [-0.05, 0) is 41.3 Å². The van der Waals surface area contributed by atoms with E-state index in [4.69, 9.17) is 33.7 Å². The standard InChI is InChI=1S/C22H19Cl2NO2.ClH/c23-18-10-11-20(24)19(13-18)17-8-6-15(7-9-17)12-21(25)22(26)27-14-16-4-2-1-3-5-16;/h1-11,13,21H,12,14,25H2;1H/t21-;/m0./s1. The lowest BCUT2D eigenvalue weighted by molar-refractivity contribution is -0.146. The Morgan fingerprint density at radius 1 is 0.929 bits per heavy atom. The van der Waals surface area contributed by atoms with Crippen molar-refractivity contribution in [2.24, 2.45) is 5.73 Å². The monoisotopic (exact) mass is 435 g/mol. The fraction of sp³-hybridized carbons (Fsp3) is 0.136. The van der Waals surface area contributed by atoms with E-state index >= 15 is 0 Å². The van der Waals surface area contributed by atoms with Gasteiger partial charge >= 0.3 is 5.97 Å². The lowest BCUT2D eigenvalue weighted by atomic mass is 10.0. The fourth-order valence-corrected chi connectivity index (χ4v) is 3.11. The minimum absolute atomic E-state index is 0. The third kappa shape index (κ3) is 5.98. The number of carbonyl (C=O) groups excluding carboxylic acids is 1. The predicted molar refractivity (Wildman–Crippen MR) is 117 cm³/mol. The summed E-state index contributed by atoms with van der Waals surface area (Å²) in [7, 11) is 0. The number of rotatable bonds is 6. The van der Waals surface area contributed by atoms with Crippen molar-refractivity contribution in [3.63, 3.8) is 0 Å². The first-order valence-corrected chi connectivity index (χ1v) is 9.29. The Labute approximate surface area is 180 Å². The molecule has 3 nitrogen and oxygen atoms in total. The van der Waals surface area contributed by atoms with Crippen LogP contribution in [0.3, 0.4) is 0 Å². The Kier molecular flexibility index (Phi) is 8.34. The van der Waals surface area contributed by atoms with Gasteiger partial charge in [-0.15, -0.1) is 12.4 Å². The highest BCUT2D eigenvalue weighted by atomic mass is 35.5. The number of ether oxygens (including phenoxy) is 1. The quantitative estimate of drug-likeness (QED) is 0.505. The molecule has 0 unspecified atom stereocenters. The molecular formula is C22H20Cl3NO2. The van der Waals surface area contributed by atoms with E-state index in [1.807, 2.05) is 60.7 Å². The van der Waals surface area contributed by atoms with Crippen LogP contribution in [0.15, 0.2) is 72.8 Å². The van der Waals surface area contributed by atoms with Crippen LogP contribution < -0.4 is 5.73 Å². The molecule has 146 valence electrons. The molecule has 0 aliphatic rings. The number of hydrogen-bond acceptors (Lipinski definition) is 3. The van der Waals surface area contributed by atoms with Gasteiger partial charge in [0.25, 0.3) is 0 Å². The average molecular weight is 437 g/mol. The molecule has 2 N–H and O–H groups in total.